The molecule has 1 aromatic heterocycles. The number of pyridine rings is 1. The van der Waals surface area contributed by atoms with Crippen LogP contribution in [-0.4, -0.2) is 27.9 Å². The van der Waals surface area contributed by atoms with Crippen LogP contribution in [0, 0.1) is 6.92 Å². The second-order valence-electron chi connectivity index (χ2n) is 6.50. The highest BCUT2D eigenvalue weighted by Crippen LogP contribution is 2.35. The van der Waals surface area contributed by atoms with Gasteiger partial charge < -0.3 is 10.0 Å². The molecule has 0 atom stereocenters. The Hall–Kier alpha value is -2.88. The fourth-order valence-corrected chi connectivity index (χ4v) is 3.29. The number of fused-ring (bicyclic) bond motifs is 2. The maximum atomic E-state index is 12.1. The summed E-state index contributed by atoms with van der Waals surface area (Å²) in [5.41, 5.74) is 5.30. The van der Waals surface area contributed by atoms with Crippen LogP contribution in [-0.2, 0) is 13.0 Å². The molecule has 4 rings (SSSR count). The number of amides is 1. The summed E-state index contributed by atoms with van der Waals surface area (Å²) in [7, 11) is 1.74. The third-order valence-electron chi connectivity index (χ3n) is 4.58. The summed E-state index contributed by atoms with van der Waals surface area (Å²) in [5.74, 6) is -0.145. The van der Waals surface area contributed by atoms with Gasteiger partial charge in [0.2, 0.25) is 0 Å². The number of aromatic nitrogens is 1. The Bertz CT molecular complexity index is 962. The van der Waals surface area contributed by atoms with Crippen molar-refractivity contribution in [2.45, 2.75) is 19.9 Å². The second-order valence-corrected chi connectivity index (χ2v) is 6.50. The lowest BCUT2D eigenvalue weighted by molar-refractivity contribution is 0.0814. The molecule has 0 saturated heterocycles. The van der Waals surface area contributed by atoms with Crippen molar-refractivity contribution in [3.63, 3.8) is 0 Å². The first-order chi connectivity index (χ1) is 11.5. The van der Waals surface area contributed by atoms with Crippen LogP contribution in [0.1, 0.15) is 32.6 Å². The van der Waals surface area contributed by atoms with E-state index in [4.69, 9.17) is 0 Å². The number of rotatable bonds is 2. The molecule has 24 heavy (non-hydrogen) atoms. The van der Waals surface area contributed by atoms with Gasteiger partial charge >= 0.3 is 0 Å². The van der Waals surface area contributed by atoms with Crippen LogP contribution >= 0.6 is 0 Å². The molecule has 1 N–H and O–H groups in total. The number of phenols is 1. The first kappa shape index (κ1) is 14.7. The van der Waals surface area contributed by atoms with E-state index in [1.54, 1.807) is 18.1 Å². The van der Waals surface area contributed by atoms with E-state index in [2.05, 4.69) is 36.2 Å². The fourth-order valence-electron chi connectivity index (χ4n) is 3.29. The quantitative estimate of drug-likeness (QED) is 0.787. The zero-order valence-corrected chi connectivity index (χ0v) is 13.7. The summed E-state index contributed by atoms with van der Waals surface area (Å²) in [6.07, 6.45) is 2.57. The maximum Gasteiger partial charge on any atom is 0.258 e. The van der Waals surface area contributed by atoms with E-state index in [0.29, 0.717) is 17.6 Å². The summed E-state index contributed by atoms with van der Waals surface area (Å²) in [5, 5.41) is 11.3. The number of hydrogen-bond donors (Lipinski definition) is 1. The summed E-state index contributed by atoms with van der Waals surface area (Å²) >= 11 is 0. The molecule has 0 saturated carbocycles. The van der Waals surface area contributed by atoms with Crippen molar-refractivity contribution >= 4 is 16.8 Å². The predicted octanol–water partition coefficient (Wildman–Crippen LogP) is 3.43. The summed E-state index contributed by atoms with van der Waals surface area (Å²) < 4.78 is 0. The Labute approximate surface area is 140 Å². The zero-order valence-electron chi connectivity index (χ0n) is 13.7. The smallest absolute Gasteiger partial charge is 0.258 e. The third kappa shape index (κ3) is 2.31. The van der Waals surface area contributed by atoms with Gasteiger partial charge in [-0.3, -0.25) is 9.78 Å². The van der Waals surface area contributed by atoms with E-state index in [9.17, 15) is 9.90 Å². The minimum Gasteiger partial charge on any atom is -0.505 e. The van der Waals surface area contributed by atoms with Gasteiger partial charge in [-0.2, -0.15) is 0 Å². The van der Waals surface area contributed by atoms with Gasteiger partial charge in [-0.1, -0.05) is 29.8 Å². The molecule has 1 amide bonds. The van der Waals surface area contributed by atoms with E-state index in [0.717, 1.165) is 22.9 Å². The molecule has 0 spiro atoms. The number of nitrogens with zero attached hydrogens (tertiary/aromatic N) is 2. The van der Waals surface area contributed by atoms with Crippen LogP contribution < -0.4 is 0 Å². The topological polar surface area (TPSA) is 53.4 Å². The van der Waals surface area contributed by atoms with Gasteiger partial charge in [0.1, 0.15) is 5.52 Å². The molecule has 2 aromatic carbocycles. The first-order valence-corrected chi connectivity index (χ1v) is 7.97. The van der Waals surface area contributed by atoms with Gasteiger partial charge in [-0.05, 0) is 42.2 Å². The monoisotopic (exact) mass is 318 g/mol. The molecule has 0 fully saturated rings. The summed E-state index contributed by atoms with van der Waals surface area (Å²) in [4.78, 5) is 18.2. The van der Waals surface area contributed by atoms with E-state index < -0.39 is 0 Å². The number of carbonyl (C=O) groups is 1. The normalized spacial score (nSPS) is 13.6. The highest BCUT2D eigenvalue weighted by molar-refractivity contribution is 6.06. The van der Waals surface area contributed by atoms with Crippen LogP contribution in [0.5, 0.6) is 5.75 Å². The number of phenolic OH excluding ortho intramolecular Hbond substituents is 1. The SMILES string of the molecule is Cc1ccc(Cc2cnc3c(O)c4c(cc3c2)CN(C)C4=O)cc1. The zero-order chi connectivity index (χ0) is 16.8. The number of carbonyl (C=O) groups excluding carboxylic acids is 1. The molecule has 0 aliphatic carbocycles. The molecular formula is C20H18N2O2. The fraction of sp³-hybridized carbons (Fsp3) is 0.200. The molecule has 0 radical (unpaired) electrons. The number of benzene rings is 2. The standard InChI is InChI=1S/C20H18N2O2/c1-12-3-5-13(6-4-12)7-14-8-15-9-16-11-22(2)20(24)17(16)19(23)18(15)21-10-14/h3-6,8-10,23H,7,11H2,1-2H3. The van der Waals surface area contributed by atoms with E-state index in [-0.39, 0.29) is 11.7 Å². The molecule has 1 aliphatic heterocycles. The Balaban J connectivity index is 1.76. The Morgan fingerprint density at radius 3 is 2.67 bits per heavy atom. The van der Waals surface area contributed by atoms with Crippen molar-refractivity contribution in [2.75, 3.05) is 7.05 Å². The average molecular weight is 318 g/mol. The van der Waals surface area contributed by atoms with Crippen LogP contribution in [0.25, 0.3) is 10.9 Å². The van der Waals surface area contributed by atoms with Crippen LogP contribution in [0.15, 0.2) is 42.6 Å². The highest BCUT2D eigenvalue weighted by Gasteiger charge is 2.29. The molecule has 1 aliphatic rings. The van der Waals surface area contributed by atoms with Crippen molar-refractivity contribution in [3.8, 4) is 5.75 Å². The molecular weight excluding hydrogens is 300 g/mol. The minimum atomic E-state index is -0.144. The molecule has 4 heteroatoms. The van der Waals surface area contributed by atoms with E-state index in [1.165, 1.54) is 11.1 Å². The second kappa shape index (κ2) is 5.34. The molecule has 0 bridgehead atoms. The lowest BCUT2D eigenvalue weighted by Crippen LogP contribution is -2.17. The van der Waals surface area contributed by atoms with Crippen LogP contribution in [0.4, 0.5) is 0 Å². The largest absolute Gasteiger partial charge is 0.505 e. The van der Waals surface area contributed by atoms with E-state index >= 15 is 0 Å². The molecule has 120 valence electrons. The van der Waals surface area contributed by atoms with Crippen molar-refractivity contribution in [3.05, 3.63) is 70.4 Å². The maximum absolute atomic E-state index is 12.1. The van der Waals surface area contributed by atoms with Crippen LogP contribution in [0.3, 0.4) is 0 Å². The predicted molar refractivity (Wildman–Crippen MR) is 93.2 cm³/mol. The molecule has 4 nitrogen and oxygen atoms in total. The lowest BCUT2D eigenvalue weighted by Gasteiger charge is -2.08. The van der Waals surface area contributed by atoms with Gasteiger partial charge in [-0.15, -0.1) is 0 Å². The Kier molecular flexibility index (Phi) is 3.27. The van der Waals surface area contributed by atoms with Crippen molar-refractivity contribution in [1.29, 1.82) is 0 Å². The van der Waals surface area contributed by atoms with Crippen molar-refractivity contribution in [2.24, 2.45) is 0 Å². The minimum absolute atomic E-state index is 0.00117. The van der Waals surface area contributed by atoms with Crippen LogP contribution in [0.2, 0.25) is 0 Å². The third-order valence-corrected chi connectivity index (χ3v) is 4.58. The van der Waals surface area contributed by atoms with Crippen molar-refractivity contribution < 1.29 is 9.90 Å². The number of aromatic hydroxyl groups is 1. The Morgan fingerprint density at radius 1 is 1.17 bits per heavy atom. The van der Waals surface area contributed by atoms with Gasteiger partial charge in [0.05, 0.1) is 5.56 Å². The summed E-state index contributed by atoms with van der Waals surface area (Å²) in [6, 6.07) is 12.5. The van der Waals surface area contributed by atoms with E-state index in [1.807, 2.05) is 12.1 Å². The summed E-state index contributed by atoms with van der Waals surface area (Å²) in [6.45, 7) is 2.60. The van der Waals surface area contributed by atoms with Gasteiger partial charge in [0.25, 0.3) is 5.91 Å². The molecule has 2 heterocycles. The average Bonchev–Trinajstić information content (AvgIpc) is 2.84. The Morgan fingerprint density at radius 2 is 1.92 bits per heavy atom. The van der Waals surface area contributed by atoms with Gasteiger partial charge in [0, 0.05) is 25.2 Å². The van der Waals surface area contributed by atoms with Gasteiger partial charge in [-0.25, -0.2) is 0 Å². The lowest BCUT2D eigenvalue weighted by atomic mass is 10.0. The first-order valence-electron chi connectivity index (χ1n) is 7.97. The van der Waals surface area contributed by atoms with Gasteiger partial charge in [0.15, 0.2) is 5.75 Å². The number of aryl methyl sites for hydroxylation is 1. The number of hydrogen-bond acceptors (Lipinski definition) is 3. The highest BCUT2D eigenvalue weighted by atomic mass is 16.3. The van der Waals surface area contributed by atoms with Crippen molar-refractivity contribution in [1.82, 2.24) is 9.88 Å². The molecule has 0 unspecified atom stereocenters. The molecule has 3 aromatic rings.